The van der Waals surface area contributed by atoms with Gasteiger partial charge in [-0.3, -0.25) is 9.59 Å². The molecule has 0 saturated carbocycles. The zero-order valence-electron chi connectivity index (χ0n) is 29.4. The second-order valence-corrected chi connectivity index (χ2v) is 15.1. The number of amides is 2. The van der Waals surface area contributed by atoms with Crippen LogP contribution in [0.5, 0.6) is 0 Å². The van der Waals surface area contributed by atoms with Crippen LogP contribution in [-0.2, 0) is 9.59 Å². The summed E-state index contributed by atoms with van der Waals surface area (Å²) >= 11 is 27.4. The van der Waals surface area contributed by atoms with Gasteiger partial charge in [0.2, 0.25) is 11.8 Å². The van der Waals surface area contributed by atoms with Gasteiger partial charge in [0.15, 0.2) is 0 Å². The second kappa shape index (κ2) is 22.8. The lowest BCUT2D eigenvalue weighted by atomic mass is 9.99. The van der Waals surface area contributed by atoms with Gasteiger partial charge >= 0.3 is 0 Å². The van der Waals surface area contributed by atoms with Crippen LogP contribution >= 0.6 is 58.2 Å². The second-order valence-electron chi connectivity index (χ2n) is 12.3. The van der Waals surface area contributed by atoms with Gasteiger partial charge in [-0.1, -0.05) is 120 Å². The summed E-state index contributed by atoms with van der Waals surface area (Å²) in [5.74, 6) is -0.440. The average molecular weight is 815 g/mol. The number of nitrogens with one attached hydrogen (secondary N) is 2. The molecule has 6 nitrogen and oxygen atoms in total. The Kier molecular flexibility index (Phi) is 18.3. The molecule has 0 unspecified atom stereocenters. The van der Waals surface area contributed by atoms with E-state index in [0.717, 1.165) is 94.5 Å². The molecule has 4 aromatic rings. The normalized spacial score (nSPS) is 11.4. The molecule has 4 aromatic carbocycles. The van der Waals surface area contributed by atoms with E-state index in [1.54, 1.807) is 36.4 Å². The molecule has 0 bridgehead atoms. The van der Waals surface area contributed by atoms with Crippen molar-refractivity contribution in [1.29, 1.82) is 0 Å². The Balaban J connectivity index is 1.72. The summed E-state index contributed by atoms with van der Waals surface area (Å²) in [6.45, 7) is 1.42. The number of hydrogen-bond acceptors (Lipinski definition) is 5. The van der Waals surface area contributed by atoms with Crippen molar-refractivity contribution >= 4 is 82.1 Å². The minimum atomic E-state index is -0.220. The van der Waals surface area contributed by atoms with E-state index in [-0.39, 0.29) is 25.0 Å². The Morgan fingerprint density at radius 3 is 1.36 bits per heavy atom. The molecule has 0 radical (unpaired) electrons. The summed E-state index contributed by atoms with van der Waals surface area (Å²) in [5.41, 5.74) is 4.72. The smallest absolute Gasteiger partial charge is 0.244 e. The predicted octanol–water partition coefficient (Wildman–Crippen LogP) is 11.1. The monoisotopic (exact) mass is 812 g/mol. The first-order valence-corrected chi connectivity index (χ1v) is 20.0. The molecule has 280 valence electrons. The van der Waals surface area contributed by atoms with E-state index in [4.69, 9.17) is 56.6 Å². The molecule has 4 rings (SSSR count). The van der Waals surface area contributed by atoms with Crippen molar-refractivity contribution in [2.75, 3.05) is 26.3 Å². The summed E-state index contributed by atoms with van der Waals surface area (Å²) in [5, 5.41) is 25.9. The summed E-state index contributed by atoms with van der Waals surface area (Å²) in [6, 6.07) is 22.4. The predicted molar refractivity (Wildman–Crippen MR) is 223 cm³/mol. The number of carbonyl (C=O) groups is 2. The minimum absolute atomic E-state index is 0.173. The Morgan fingerprint density at radius 1 is 0.547 bits per heavy atom. The number of halogens is 4. The van der Waals surface area contributed by atoms with Crippen LogP contribution in [0.4, 0.5) is 0 Å². The lowest BCUT2D eigenvalue weighted by molar-refractivity contribution is -0.117. The van der Waals surface area contributed by atoms with Gasteiger partial charge in [-0.15, -0.1) is 0 Å². The van der Waals surface area contributed by atoms with Gasteiger partial charge < -0.3 is 20.8 Å². The Bertz CT molecular complexity index is 1760. The van der Waals surface area contributed by atoms with Crippen LogP contribution in [0.3, 0.4) is 0 Å². The van der Waals surface area contributed by atoms with Crippen molar-refractivity contribution in [2.45, 2.75) is 61.2 Å². The number of carbonyl (C=O) groups excluding carboxylic acids is 2. The van der Waals surface area contributed by atoms with Crippen molar-refractivity contribution in [3.8, 4) is 22.3 Å². The van der Waals surface area contributed by atoms with Gasteiger partial charge in [0.1, 0.15) is 0 Å². The fourth-order valence-electron chi connectivity index (χ4n) is 5.65. The van der Waals surface area contributed by atoms with Crippen molar-refractivity contribution < 1.29 is 19.8 Å². The van der Waals surface area contributed by atoms with Crippen molar-refractivity contribution in [1.82, 2.24) is 10.6 Å². The van der Waals surface area contributed by atoms with Crippen molar-refractivity contribution in [3.05, 3.63) is 116 Å². The molecule has 0 atom stereocenters. The van der Waals surface area contributed by atoms with Crippen molar-refractivity contribution in [2.24, 2.45) is 0 Å². The molecule has 0 saturated heterocycles. The Morgan fingerprint density at radius 2 is 0.962 bits per heavy atom. The first-order chi connectivity index (χ1) is 25.7. The minimum Gasteiger partial charge on any atom is -0.396 e. The van der Waals surface area contributed by atoms with Crippen LogP contribution in [0.15, 0.2) is 94.7 Å². The largest absolute Gasteiger partial charge is 0.396 e. The third-order valence-electron chi connectivity index (χ3n) is 8.37. The molecular weight excluding hydrogens is 770 g/mol. The van der Waals surface area contributed by atoms with Gasteiger partial charge in [-0.2, -0.15) is 0 Å². The van der Waals surface area contributed by atoms with Gasteiger partial charge in [-0.25, -0.2) is 0 Å². The zero-order chi connectivity index (χ0) is 38.0. The molecule has 0 spiro atoms. The van der Waals surface area contributed by atoms with E-state index in [0.29, 0.717) is 33.2 Å². The molecule has 0 aromatic heterocycles. The number of benzene rings is 4. The van der Waals surface area contributed by atoms with E-state index in [9.17, 15) is 9.59 Å². The van der Waals surface area contributed by atoms with Crippen LogP contribution in [0.25, 0.3) is 34.4 Å². The third-order valence-corrected chi connectivity index (χ3v) is 10.6. The molecule has 0 aliphatic carbocycles. The van der Waals surface area contributed by atoms with E-state index in [1.165, 1.54) is 23.9 Å². The molecule has 0 aliphatic heterocycles. The SMILES string of the molecule is O=C(/C=C/c1c(Sc2cccc(-c3ccc(Cl)cc3Cl)c2/C=C/C(=O)NCCCCCCO)cccc1-c1ccc(Cl)cc1Cl)NCCCCCCO. The fraction of sp³-hybridized carbons (Fsp3) is 0.286. The third kappa shape index (κ3) is 13.5. The summed E-state index contributed by atoms with van der Waals surface area (Å²) in [7, 11) is 0. The summed E-state index contributed by atoms with van der Waals surface area (Å²) < 4.78 is 0. The van der Waals surface area contributed by atoms with Crippen LogP contribution in [-0.4, -0.2) is 48.3 Å². The van der Waals surface area contributed by atoms with E-state index in [2.05, 4.69) is 10.6 Å². The highest BCUT2D eigenvalue weighted by Gasteiger charge is 2.17. The number of aliphatic hydroxyl groups is 2. The van der Waals surface area contributed by atoms with Gasteiger partial charge in [0.05, 0.1) is 0 Å². The molecule has 4 N–H and O–H groups in total. The standard InChI is InChI=1S/C42H44Cl4N2O4S/c43-29-15-17-33(37(45)27-29)31-11-9-13-39(35(31)19-21-41(51)47-23-5-1-3-7-25-49)53-40-14-10-12-32(34-18-16-30(44)28-38(34)46)36(40)20-22-42(52)48-24-6-2-4-8-26-50/h9-22,27-28,49-50H,1-8,23-26H2,(H,47,51)(H,48,52)/b21-19+,22-20+. The first-order valence-electron chi connectivity index (χ1n) is 17.7. The fourth-order valence-corrected chi connectivity index (χ4v) is 7.78. The number of rotatable bonds is 20. The highest BCUT2D eigenvalue weighted by atomic mass is 35.5. The number of aliphatic hydroxyl groups excluding tert-OH is 2. The molecule has 53 heavy (non-hydrogen) atoms. The maximum Gasteiger partial charge on any atom is 0.244 e. The summed E-state index contributed by atoms with van der Waals surface area (Å²) in [4.78, 5) is 27.6. The first kappa shape index (κ1) is 42.5. The average Bonchev–Trinajstić information content (AvgIpc) is 3.13. The van der Waals surface area contributed by atoms with Gasteiger partial charge in [0, 0.05) is 79.5 Å². The maximum absolute atomic E-state index is 13.0. The number of hydrogen-bond donors (Lipinski definition) is 4. The van der Waals surface area contributed by atoms with Gasteiger partial charge in [0.25, 0.3) is 0 Å². The van der Waals surface area contributed by atoms with Crippen LogP contribution in [0.2, 0.25) is 20.1 Å². The Labute approximate surface area is 336 Å². The highest BCUT2D eigenvalue weighted by Crippen LogP contribution is 2.43. The lowest BCUT2D eigenvalue weighted by Crippen LogP contribution is -2.22. The molecule has 0 heterocycles. The van der Waals surface area contributed by atoms with Crippen LogP contribution in [0.1, 0.15) is 62.5 Å². The zero-order valence-corrected chi connectivity index (χ0v) is 33.2. The van der Waals surface area contributed by atoms with E-state index >= 15 is 0 Å². The summed E-state index contributed by atoms with van der Waals surface area (Å²) in [6.07, 6.45) is 13.5. The lowest BCUT2D eigenvalue weighted by Gasteiger charge is -2.17. The van der Waals surface area contributed by atoms with Crippen LogP contribution < -0.4 is 10.6 Å². The molecule has 2 amide bonds. The quantitative estimate of drug-likeness (QED) is 0.0526. The van der Waals surface area contributed by atoms with Crippen LogP contribution in [0, 0.1) is 0 Å². The van der Waals surface area contributed by atoms with Crippen molar-refractivity contribution in [3.63, 3.8) is 0 Å². The van der Waals surface area contributed by atoms with Gasteiger partial charge in [-0.05, 0) is 96.5 Å². The maximum atomic E-state index is 13.0. The number of unbranched alkanes of at least 4 members (excludes halogenated alkanes) is 6. The van der Waals surface area contributed by atoms with E-state index in [1.807, 2.05) is 48.5 Å². The van der Waals surface area contributed by atoms with E-state index < -0.39 is 0 Å². The molecule has 11 heteroatoms. The highest BCUT2D eigenvalue weighted by molar-refractivity contribution is 7.99. The Hall–Kier alpha value is -3.27. The molecule has 0 aliphatic rings. The molecule has 0 fully saturated rings. The topological polar surface area (TPSA) is 98.7 Å². The molecular formula is C42H44Cl4N2O4S.